The molecule has 0 fully saturated rings. The number of carbonyl (C=O) groups is 1. The van der Waals surface area contributed by atoms with Gasteiger partial charge in [-0.2, -0.15) is 13.2 Å². The fraction of sp³-hybridized carbons (Fsp3) is 0.222. The van der Waals surface area contributed by atoms with Gasteiger partial charge in [-0.1, -0.05) is 11.6 Å². The van der Waals surface area contributed by atoms with E-state index in [0.717, 1.165) is 18.2 Å². The summed E-state index contributed by atoms with van der Waals surface area (Å²) in [5.41, 5.74) is -0.989. The first-order valence-electron chi connectivity index (χ1n) is 4.02. The Labute approximate surface area is 93.4 Å². The third-order valence-corrected chi connectivity index (χ3v) is 1.92. The maximum Gasteiger partial charge on any atom is 0.417 e. The highest BCUT2D eigenvalue weighted by molar-refractivity contribution is 6.31. The minimum absolute atomic E-state index is 0.0274. The topological polar surface area (TPSA) is 46.5 Å². The molecular formula is C9H6ClF3O3. The number of halogens is 4. The Hall–Kier alpha value is -1.43. The van der Waals surface area contributed by atoms with Crippen LogP contribution in [-0.2, 0) is 11.0 Å². The van der Waals surface area contributed by atoms with Gasteiger partial charge in [0.2, 0.25) is 0 Å². The molecule has 16 heavy (non-hydrogen) atoms. The minimum Gasteiger partial charge on any atom is -0.482 e. The van der Waals surface area contributed by atoms with Crippen LogP contribution in [0.3, 0.4) is 0 Å². The van der Waals surface area contributed by atoms with Crippen LogP contribution < -0.4 is 4.74 Å². The molecule has 0 atom stereocenters. The Morgan fingerprint density at radius 3 is 2.50 bits per heavy atom. The summed E-state index contributed by atoms with van der Waals surface area (Å²) in [4.78, 5) is 10.1. The highest BCUT2D eigenvalue weighted by Gasteiger charge is 2.33. The molecular weight excluding hydrogens is 249 g/mol. The van der Waals surface area contributed by atoms with Gasteiger partial charge in [-0.3, -0.25) is 0 Å². The second-order valence-corrected chi connectivity index (χ2v) is 3.23. The molecule has 0 saturated heterocycles. The van der Waals surface area contributed by atoms with Crippen LogP contribution >= 0.6 is 11.6 Å². The van der Waals surface area contributed by atoms with E-state index in [9.17, 15) is 18.0 Å². The zero-order chi connectivity index (χ0) is 12.3. The fourth-order valence-electron chi connectivity index (χ4n) is 0.961. The van der Waals surface area contributed by atoms with Crippen LogP contribution in [0.15, 0.2) is 18.2 Å². The van der Waals surface area contributed by atoms with Crippen LogP contribution in [0, 0.1) is 0 Å². The van der Waals surface area contributed by atoms with Crippen LogP contribution in [0.25, 0.3) is 0 Å². The summed E-state index contributed by atoms with van der Waals surface area (Å²) < 4.78 is 41.5. The normalized spacial score (nSPS) is 11.2. The predicted octanol–water partition coefficient (Wildman–Crippen LogP) is 2.82. The molecule has 0 unspecified atom stereocenters. The summed E-state index contributed by atoms with van der Waals surface area (Å²) in [7, 11) is 0. The zero-order valence-corrected chi connectivity index (χ0v) is 8.47. The number of alkyl halides is 3. The second kappa shape index (κ2) is 4.61. The molecule has 88 valence electrons. The van der Waals surface area contributed by atoms with E-state index in [4.69, 9.17) is 16.7 Å². The zero-order valence-electron chi connectivity index (χ0n) is 7.71. The standard InChI is InChI=1S/C9H6ClF3O3/c10-7-3-5(16-4-8(14)15)1-2-6(7)9(11,12)13/h1-3H,4H2,(H,14,15). The number of ether oxygens (including phenoxy) is 1. The van der Waals surface area contributed by atoms with Crippen molar-refractivity contribution in [1.82, 2.24) is 0 Å². The summed E-state index contributed by atoms with van der Waals surface area (Å²) in [6, 6.07) is 2.67. The van der Waals surface area contributed by atoms with Gasteiger partial charge in [0.25, 0.3) is 0 Å². The number of hydrogen-bond acceptors (Lipinski definition) is 2. The van der Waals surface area contributed by atoms with Crippen molar-refractivity contribution in [1.29, 1.82) is 0 Å². The maximum absolute atomic E-state index is 12.3. The lowest BCUT2D eigenvalue weighted by Gasteiger charge is -2.10. The van der Waals surface area contributed by atoms with Crippen molar-refractivity contribution in [3.8, 4) is 5.75 Å². The van der Waals surface area contributed by atoms with Crippen LogP contribution in [0.4, 0.5) is 13.2 Å². The molecule has 0 aliphatic heterocycles. The lowest BCUT2D eigenvalue weighted by Crippen LogP contribution is -2.10. The molecule has 3 nitrogen and oxygen atoms in total. The molecule has 1 aromatic rings. The number of aliphatic carboxylic acids is 1. The summed E-state index contributed by atoms with van der Waals surface area (Å²) in [5.74, 6) is -1.25. The SMILES string of the molecule is O=C(O)COc1ccc(C(F)(F)F)c(Cl)c1. The van der Waals surface area contributed by atoms with E-state index in [1.54, 1.807) is 0 Å². The number of carboxylic acids is 1. The van der Waals surface area contributed by atoms with Crippen molar-refractivity contribution >= 4 is 17.6 Å². The second-order valence-electron chi connectivity index (χ2n) is 2.82. The summed E-state index contributed by atoms with van der Waals surface area (Å²) in [6.07, 6.45) is -4.54. The Morgan fingerprint density at radius 1 is 1.44 bits per heavy atom. The lowest BCUT2D eigenvalue weighted by atomic mass is 10.2. The van der Waals surface area contributed by atoms with E-state index < -0.39 is 29.3 Å². The van der Waals surface area contributed by atoms with E-state index >= 15 is 0 Å². The Balaban J connectivity index is 2.87. The molecule has 0 aliphatic rings. The molecule has 0 aromatic heterocycles. The molecule has 0 saturated carbocycles. The molecule has 0 heterocycles. The van der Waals surface area contributed by atoms with Gasteiger partial charge < -0.3 is 9.84 Å². The summed E-state index contributed by atoms with van der Waals surface area (Å²) >= 11 is 5.38. The Bertz CT molecular complexity index is 403. The average Bonchev–Trinajstić information content (AvgIpc) is 2.12. The Morgan fingerprint density at radius 2 is 2.06 bits per heavy atom. The highest BCUT2D eigenvalue weighted by atomic mass is 35.5. The molecule has 7 heteroatoms. The van der Waals surface area contributed by atoms with E-state index in [1.165, 1.54) is 0 Å². The van der Waals surface area contributed by atoms with E-state index in [-0.39, 0.29) is 5.75 Å². The molecule has 1 aromatic carbocycles. The third-order valence-electron chi connectivity index (χ3n) is 1.61. The van der Waals surface area contributed by atoms with Crippen molar-refractivity contribution in [2.75, 3.05) is 6.61 Å². The predicted molar refractivity (Wildman–Crippen MR) is 49.6 cm³/mol. The molecule has 0 radical (unpaired) electrons. The fourth-order valence-corrected chi connectivity index (χ4v) is 1.24. The van der Waals surface area contributed by atoms with Crippen LogP contribution in [0.1, 0.15) is 5.56 Å². The van der Waals surface area contributed by atoms with Crippen LogP contribution in [0.5, 0.6) is 5.75 Å². The monoisotopic (exact) mass is 254 g/mol. The van der Waals surface area contributed by atoms with E-state index in [1.807, 2.05) is 0 Å². The molecule has 0 aliphatic carbocycles. The highest BCUT2D eigenvalue weighted by Crippen LogP contribution is 2.36. The first-order chi connectivity index (χ1) is 7.30. The van der Waals surface area contributed by atoms with Crippen molar-refractivity contribution in [2.45, 2.75) is 6.18 Å². The van der Waals surface area contributed by atoms with Gasteiger partial charge in [0.05, 0.1) is 10.6 Å². The molecule has 0 amide bonds. The van der Waals surface area contributed by atoms with Crippen molar-refractivity contribution in [2.24, 2.45) is 0 Å². The summed E-state index contributed by atoms with van der Waals surface area (Å²) in [5, 5.41) is 7.76. The molecule has 0 spiro atoms. The van der Waals surface area contributed by atoms with Gasteiger partial charge in [-0.25, -0.2) is 4.79 Å². The van der Waals surface area contributed by atoms with Gasteiger partial charge in [0, 0.05) is 0 Å². The van der Waals surface area contributed by atoms with Crippen molar-refractivity contribution < 1.29 is 27.8 Å². The average molecular weight is 255 g/mol. The minimum atomic E-state index is -4.54. The van der Waals surface area contributed by atoms with Crippen LogP contribution in [-0.4, -0.2) is 17.7 Å². The number of rotatable bonds is 3. The van der Waals surface area contributed by atoms with E-state index in [0.29, 0.717) is 0 Å². The first kappa shape index (κ1) is 12.6. The van der Waals surface area contributed by atoms with Gasteiger partial charge in [-0.05, 0) is 18.2 Å². The van der Waals surface area contributed by atoms with Crippen LogP contribution in [0.2, 0.25) is 5.02 Å². The third kappa shape index (κ3) is 3.30. The number of carboxylic acid groups (broad SMARTS) is 1. The van der Waals surface area contributed by atoms with Gasteiger partial charge in [0.15, 0.2) is 6.61 Å². The van der Waals surface area contributed by atoms with Gasteiger partial charge >= 0.3 is 12.1 Å². The smallest absolute Gasteiger partial charge is 0.417 e. The van der Waals surface area contributed by atoms with Gasteiger partial charge in [-0.15, -0.1) is 0 Å². The number of benzene rings is 1. The lowest BCUT2D eigenvalue weighted by molar-refractivity contribution is -0.140. The quantitative estimate of drug-likeness (QED) is 0.902. The molecule has 0 bridgehead atoms. The first-order valence-corrected chi connectivity index (χ1v) is 4.40. The Kier molecular flexibility index (Phi) is 3.64. The molecule has 1 N–H and O–H groups in total. The van der Waals surface area contributed by atoms with Gasteiger partial charge in [0.1, 0.15) is 5.75 Å². The summed E-state index contributed by atoms with van der Waals surface area (Å²) in [6.45, 7) is -0.637. The van der Waals surface area contributed by atoms with Crippen molar-refractivity contribution in [3.05, 3.63) is 28.8 Å². The van der Waals surface area contributed by atoms with Crippen molar-refractivity contribution in [3.63, 3.8) is 0 Å². The van der Waals surface area contributed by atoms with E-state index in [2.05, 4.69) is 4.74 Å². The number of hydrogen-bond donors (Lipinski definition) is 1. The molecule has 1 rings (SSSR count). The maximum atomic E-state index is 12.3. The largest absolute Gasteiger partial charge is 0.482 e.